The molecule has 0 aliphatic carbocycles. The summed E-state index contributed by atoms with van der Waals surface area (Å²) in [6.45, 7) is 18.5. The summed E-state index contributed by atoms with van der Waals surface area (Å²) >= 11 is 0. The minimum atomic E-state index is -1.16. The zero-order valence-corrected chi connectivity index (χ0v) is 15.6. The molecule has 3 heteroatoms. The van der Waals surface area contributed by atoms with Crippen LogP contribution in [0.15, 0.2) is 96.9 Å². The van der Waals surface area contributed by atoms with E-state index in [1.165, 1.54) is 11.1 Å². The van der Waals surface area contributed by atoms with Crippen LogP contribution in [0.25, 0.3) is 0 Å². The normalized spacial score (nSPS) is 11.8. The molecule has 0 atom stereocenters. The monoisotopic (exact) mass is 356 g/mol. The van der Waals surface area contributed by atoms with Crippen molar-refractivity contribution in [3.05, 3.63) is 108 Å². The Balaban J connectivity index is 2.63. The van der Waals surface area contributed by atoms with Crippen LogP contribution in [-0.2, 0) is 11.2 Å². The van der Waals surface area contributed by atoms with E-state index >= 15 is 0 Å². The standard InChI is InChI=1S/C23H26F2O/c1-7-26-20(6)23(25)22(24)19(5)18(4)12-8-16(2)9-13-21-14-10-17(3)11-15-21/h8,10-12,14-15H,2,4-7,9,13H2,1,3H3/b12-8-,23-22-. The first-order chi connectivity index (χ1) is 12.3. The van der Waals surface area contributed by atoms with Crippen molar-refractivity contribution in [2.24, 2.45) is 0 Å². The molecule has 26 heavy (non-hydrogen) atoms. The number of rotatable bonds is 10. The SMILES string of the molecule is C=C(/C=C\C(=C)C(=C)/C(F)=C(/F)C(=C)OCC)CCc1ccc(C)cc1. The number of ether oxygens (including phenoxy) is 1. The third-order valence-electron chi connectivity index (χ3n) is 3.78. The van der Waals surface area contributed by atoms with Crippen LogP contribution in [0.2, 0.25) is 0 Å². The molecule has 0 N–H and O–H groups in total. The van der Waals surface area contributed by atoms with Crippen molar-refractivity contribution in [3.63, 3.8) is 0 Å². The summed E-state index contributed by atoms with van der Waals surface area (Å²) in [6, 6.07) is 8.31. The maximum absolute atomic E-state index is 14.1. The van der Waals surface area contributed by atoms with Gasteiger partial charge in [-0.3, -0.25) is 0 Å². The minimum Gasteiger partial charge on any atom is -0.491 e. The molecule has 138 valence electrons. The lowest BCUT2D eigenvalue weighted by molar-refractivity contribution is 0.224. The Bertz CT molecular complexity index is 749. The Morgan fingerprint density at radius 3 is 2.19 bits per heavy atom. The van der Waals surface area contributed by atoms with E-state index in [9.17, 15) is 8.78 Å². The van der Waals surface area contributed by atoms with Crippen LogP contribution in [-0.4, -0.2) is 6.61 Å². The summed E-state index contributed by atoms with van der Waals surface area (Å²) in [5, 5.41) is 0. The number of benzene rings is 1. The average molecular weight is 356 g/mol. The van der Waals surface area contributed by atoms with E-state index in [0.717, 1.165) is 18.4 Å². The Kier molecular flexibility index (Phi) is 8.50. The largest absolute Gasteiger partial charge is 0.491 e. The van der Waals surface area contributed by atoms with E-state index in [0.29, 0.717) is 0 Å². The Morgan fingerprint density at radius 1 is 1.00 bits per heavy atom. The summed E-state index contributed by atoms with van der Waals surface area (Å²) in [7, 11) is 0. The highest BCUT2D eigenvalue weighted by Gasteiger charge is 2.15. The van der Waals surface area contributed by atoms with Crippen LogP contribution in [0.5, 0.6) is 0 Å². The number of allylic oxidation sites excluding steroid dienone is 7. The lowest BCUT2D eigenvalue weighted by Gasteiger charge is -2.08. The molecule has 1 rings (SSSR count). The Morgan fingerprint density at radius 2 is 1.62 bits per heavy atom. The van der Waals surface area contributed by atoms with E-state index in [1.807, 2.05) is 6.92 Å². The highest BCUT2D eigenvalue weighted by molar-refractivity contribution is 5.49. The Labute approximate surface area is 155 Å². The van der Waals surface area contributed by atoms with Gasteiger partial charge in [-0.05, 0) is 37.8 Å². The molecular formula is C23H26F2O. The van der Waals surface area contributed by atoms with Gasteiger partial charge in [-0.1, -0.05) is 73.9 Å². The molecule has 0 aliphatic rings. The van der Waals surface area contributed by atoms with E-state index in [4.69, 9.17) is 4.74 Å². The van der Waals surface area contributed by atoms with Crippen LogP contribution in [0, 0.1) is 6.92 Å². The summed E-state index contributed by atoms with van der Waals surface area (Å²) in [5.74, 6) is -2.64. The van der Waals surface area contributed by atoms with Gasteiger partial charge >= 0.3 is 0 Å². The number of hydrogen-bond acceptors (Lipinski definition) is 1. The first kappa shape index (κ1) is 21.4. The molecule has 1 nitrogen and oxygen atoms in total. The predicted octanol–water partition coefficient (Wildman–Crippen LogP) is 6.85. The lowest BCUT2D eigenvalue weighted by Crippen LogP contribution is -1.95. The van der Waals surface area contributed by atoms with Gasteiger partial charge < -0.3 is 4.74 Å². The van der Waals surface area contributed by atoms with Gasteiger partial charge in [-0.25, -0.2) is 4.39 Å². The van der Waals surface area contributed by atoms with Crippen LogP contribution >= 0.6 is 0 Å². The molecular weight excluding hydrogens is 330 g/mol. The van der Waals surface area contributed by atoms with Crippen molar-refractivity contribution < 1.29 is 13.5 Å². The second-order valence-electron chi connectivity index (χ2n) is 5.97. The van der Waals surface area contributed by atoms with Gasteiger partial charge in [0.1, 0.15) is 0 Å². The van der Waals surface area contributed by atoms with E-state index < -0.39 is 11.7 Å². The van der Waals surface area contributed by atoms with Gasteiger partial charge in [0, 0.05) is 5.57 Å². The molecule has 0 saturated heterocycles. The van der Waals surface area contributed by atoms with Crippen molar-refractivity contribution in [1.29, 1.82) is 0 Å². The van der Waals surface area contributed by atoms with E-state index in [1.54, 1.807) is 19.1 Å². The fourth-order valence-corrected chi connectivity index (χ4v) is 2.10. The first-order valence-electron chi connectivity index (χ1n) is 8.43. The molecule has 0 bridgehead atoms. The second kappa shape index (κ2) is 10.3. The van der Waals surface area contributed by atoms with E-state index in [2.05, 4.69) is 50.6 Å². The van der Waals surface area contributed by atoms with Gasteiger partial charge in [0.15, 0.2) is 11.6 Å². The highest BCUT2D eigenvalue weighted by atomic mass is 19.2. The number of hydrogen-bond donors (Lipinski definition) is 0. The topological polar surface area (TPSA) is 9.23 Å². The molecule has 0 unspecified atom stereocenters. The van der Waals surface area contributed by atoms with Crippen LogP contribution in [0.3, 0.4) is 0 Å². The molecule has 1 aromatic carbocycles. The minimum absolute atomic E-state index is 0.147. The Hall–Kier alpha value is -2.68. The van der Waals surface area contributed by atoms with E-state index in [-0.39, 0.29) is 23.5 Å². The van der Waals surface area contributed by atoms with Crippen molar-refractivity contribution in [1.82, 2.24) is 0 Å². The van der Waals surface area contributed by atoms with Gasteiger partial charge in [-0.15, -0.1) is 0 Å². The average Bonchev–Trinajstić information content (AvgIpc) is 2.63. The van der Waals surface area contributed by atoms with Gasteiger partial charge in [0.05, 0.1) is 6.61 Å². The molecule has 0 fully saturated rings. The molecule has 0 spiro atoms. The predicted molar refractivity (Wildman–Crippen MR) is 106 cm³/mol. The van der Waals surface area contributed by atoms with Crippen LogP contribution in [0.4, 0.5) is 8.78 Å². The van der Waals surface area contributed by atoms with Gasteiger partial charge in [0.2, 0.25) is 5.83 Å². The first-order valence-corrected chi connectivity index (χ1v) is 8.43. The van der Waals surface area contributed by atoms with Crippen molar-refractivity contribution in [2.45, 2.75) is 26.7 Å². The number of aryl methyl sites for hydroxylation is 2. The zero-order valence-electron chi connectivity index (χ0n) is 15.6. The molecule has 0 heterocycles. The van der Waals surface area contributed by atoms with Crippen LogP contribution in [0.1, 0.15) is 24.5 Å². The number of halogens is 2. The van der Waals surface area contributed by atoms with Gasteiger partial charge in [-0.2, -0.15) is 4.39 Å². The van der Waals surface area contributed by atoms with Crippen LogP contribution < -0.4 is 0 Å². The van der Waals surface area contributed by atoms with Gasteiger partial charge in [0.25, 0.3) is 0 Å². The lowest BCUT2D eigenvalue weighted by atomic mass is 10.0. The van der Waals surface area contributed by atoms with Crippen molar-refractivity contribution in [3.8, 4) is 0 Å². The fourth-order valence-electron chi connectivity index (χ4n) is 2.10. The smallest absolute Gasteiger partial charge is 0.200 e. The third-order valence-corrected chi connectivity index (χ3v) is 3.78. The summed E-state index contributed by atoms with van der Waals surface area (Å²) < 4.78 is 32.8. The maximum atomic E-state index is 14.1. The van der Waals surface area contributed by atoms with Crippen molar-refractivity contribution in [2.75, 3.05) is 6.61 Å². The molecule has 0 radical (unpaired) electrons. The molecule has 0 aromatic heterocycles. The summed E-state index contributed by atoms with van der Waals surface area (Å²) in [4.78, 5) is 0. The third kappa shape index (κ3) is 6.67. The summed E-state index contributed by atoms with van der Waals surface area (Å²) in [6.07, 6.45) is 4.93. The highest BCUT2D eigenvalue weighted by Crippen LogP contribution is 2.27. The quantitative estimate of drug-likeness (QED) is 0.329. The zero-order chi connectivity index (χ0) is 19.7. The maximum Gasteiger partial charge on any atom is 0.200 e. The summed E-state index contributed by atoms with van der Waals surface area (Å²) in [5.41, 5.74) is 3.42. The molecule has 0 saturated carbocycles. The molecule has 0 amide bonds. The fraction of sp³-hybridized carbons (Fsp3) is 0.217. The second-order valence-corrected chi connectivity index (χ2v) is 5.97. The molecule has 0 aliphatic heterocycles. The molecule has 1 aromatic rings. The van der Waals surface area contributed by atoms with Crippen molar-refractivity contribution >= 4 is 0 Å².